The fourth-order valence-electron chi connectivity index (χ4n) is 2.20. The zero-order valence-corrected chi connectivity index (χ0v) is 15.3. The second-order valence-electron chi connectivity index (χ2n) is 5.40. The molecule has 1 atom stereocenters. The van der Waals surface area contributed by atoms with E-state index in [2.05, 4.69) is 16.0 Å². The first-order valence-electron chi connectivity index (χ1n) is 8.08. The van der Waals surface area contributed by atoms with Crippen molar-refractivity contribution in [2.45, 2.75) is 39.2 Å². The van der Waals surface area contributed by atoms with Gasteiger partial charge >= 0.3 is 5.97 Å². The van der Waals surface area contributed by atoms with Crippen LogP contribution in [0.3, 0.4) is 0 Å². The highest BCUT2D eigenvalue weighted by molar-refractivity contribution is 5.95. The van der Waals surface area contributed by atoms with Crippen LogP contribution < -0.4 is 16.0 Å². The number of benzene rings is 1. The Morgan fingerprint density at radius 3 is 2.36 bits per heavy atom. The van der Waals surface area contributed by atoms with Crippen molar-refractivity contribution in [3.8, 4) is 0 Å². The molecule has 7 nitrogen and oxygen atoms in total. The van der Waals surface area contributed by atoms with Gasteiger partial charge in [-0.2, -0.15) is 0 Å². The number of nitrogens with one attached hydrogen (secondary N) is 3. The van der Waals surface area contributed by atoms with Crippen LogP contribution in [0.15, 0.2) is 24.3 Å². The minimum absolute atomic E-state index is 0. The summed E-state index contributed by atoms with van der Waals surface area (Å²) in [5.74, 6) is -1.73. The highest BCUT2D eigenvalue weighted by Gasteiger charge is 2.16. The summed E-state index contributed by atoms with van der Waals surface area (Å²) in [6.07, 6.45) is 1.93. The van der Waals surface area contributed by atoms with E-state index >= 15 is 0 Å². The topological polar surface area (TPSA) is 108 Å². The van der Waals surface area contributed by atoms with Crippen molar-refractivity contribution in [1.82, 2.24) is 10.6 Å². The van der Waals surface area contributed by atoms with Crippen molar-refractivity contribution >= 4 is 35.9 Å². The average molecular weight is 372 g/mol. The highest BCUT2D eigenvalue weighted by atomic mass is 35.5. The molecule has 0 aliphatic carbocycles. The monoisotopic (exact) mass is 371 g/mol. The number of carboxylic acids is 1. The number of para-hydroxylation sites is 1. The predicted octanol–water partition coefficient (Wildman–Crippen LogP) is 1.57. The van der Waals surface area contributed by atoms with Crippen molar-refractivity contribution in [3.05, 3.63) is 29.8 Å². The van der Waals surface area contributed by atoms with E-state index in [0.29, 0.717) is 12.8 Å². The van der Waals surface area contributed by atoms with Gasteiger partial charge in [-0.15, -0.1) is 12.4 Å². The maximum atomic E-state index is 11.9. The lowest BCUT2D eigenvalue weighted by Gasteiger charge is -2.13. The third-order valence-electron chi connectivity index (χ3n) is 3.50. The van der Waals surface area contributed by atoms with E-state index < -0.39 is 17.9 Å². The minimum Gasteiger partial charge on any atom is -0.480 e. The van der Waals surface area contributed by atoms with Crippen LogP contribution in [0.5, 0.6) is 0 Å². The van der Waals surface area contributed by atoms with Gasteiger partial charge in [0, 0.05) is 5.69 Å². The second-order valence-corrected chi connectivity index (χ2v) is 5.40. The maximum Gasteiger partial charge on any atom is 0.320 e. The molecule has 0 aliphatic heterocycles. The maximum absolute atomic E-state index is 11.9. The van der Waals surface area contributed by atoms with E-state index in [1.165, 1.54) is 0 Å². The smallest absolute Gasteiger partial charge is 0.320 e. The molecular weight excluding hydrogens is 346 g/mol. The Morgan fingerprint density at radius 1 is 1.08 bits per heavy atom. The molecule has 0 saturated carbocycles. The number of carboxylic acid groups (broad SMARTS) is 1. The van der Waals surface area contributed by atoms with E-state index in [1.807, 2.05) is 38.1 Å². The van der Waals surface area contributed by atoms with Gasteiger partial charge in [-0.1, -0.05) is 38.5 Å². The van der Waals surface area contributed by atoms with Crippen LogP contribution in [0, 0.1) is 0 Å². The second kappa shape index (κ2) is 12.3. The first-order chi connectivity index (χ1) is 11.5. The van der Waals surface area contributed by atoms with Crippen LogP contribution in [0.25, 0.3) is 0 Å². The average Bonchev–Trinajstić information content (AvgIpc) is 2.57. The Kier molecular flexibility index (Phi) is 11.2. The van der Waals surface area contributed by atoms with Crippen molar-refractivity contribution in [2.24, 2.45) is 0 Å². The van der Waals surface area contributed by atoms with Gasteiger partial charge in [0.25, 0.3) is 0 Å². The Hall–Kier alpha value is -2.12. The van der Waals surface area contributed by atoms with Gasteiger partial charge in [-0.05, 0) is 24.5 Å². The number of halogens is 1. The lowest BCUT2D eigenvalue weighted by molar-refractivity contribution is -0.139. The van der Waals surface area contributed by atoms with Gasteiger partial charge in [-0.3, -0.25) is 19.7 Å². The van der Waals surface area contributed by atoms with Crippen LogP contribution in [0.1, 0.15) is 32.3 Å². The van der Waals surface area contributed by atoms with Crippen molar-refractivity contribution in [2.75, 3.05) is 18.4 Å². The first kappa shape index (κ1) is 22.9. The van der Waals surface area contributed by atoms with E-state index in [0.717, 1.165) is 17.7 Å². The van der Waals surface area contributed by atoms with Crippen LogP contribution >= 0.6 is 12.4 Å². The molecule has 0 fully saturated rings. The summed E-state index contributed by atoms with van der Waals surface area (Å²) in [7, 11) is 0. The zero-order valence-electron chi connectivity index (χ0n) is 14.5. The van der Waals surface area contributed by atoms with Gasteiger partial charge < -0.3 is 15.7 Å². The fourth-order valence-corrected chi connectivity index (χ4v) is 2.20. The minimum atomic E-state index is -0.987. The standard InChI is InChI=1S/C17H25N3O4.ClH/c1-3-7-14(17(23)24)18-10-15(21)19-11-16(22)20-13-9-6-5-8-12(13)4-2;/h5-6,8-9,14,18H,3-4,7,10-11H2,1-2H3,(H,19,21)(H,20,22)(H,23,24);1H. The summed E-state index contributed by atoms with van der Waals surface area (Å²) in [5, 5.41) is 16.9. The molecule has 0 aliphatic rings. The summed E-state index contributed by atoms with van der Waals surface area (Å²) in [4.78, 5) is 34.6. The quantitative estimate of drug-likeness (QED) is 0.499. The first-order valence-corrected chi connectivity index (χ1v) is 8.08. The number of aryl methyl sites for hydroxylation is 1. The molecule has 0 bridgehead atoms. The summed E-state index contributed by atoms with van der Waals surface area (Å²) in [5.41, 5.74) is 1.74. The number of rotatable bonds is 10. The number of hydrogen-bond donors (Lipinski definition) is 4. The van der Waals surface area contributed by atoms with E-state index in [9.17, 15) is 14.4 Å². The number of hydrogen-bond acceptors (Lipinski definition) is 4. The SMILES string of the molecule is CCCC(NCC(=O)NCC(=O)Nc1ccccc1CC)C(=O)O.Cl. The molecule has 0 spiro atoms. The van der Waals surface area contributed by atoms with Crippen LogP contribution in [0.4, 0.5) is 5.69 Å². The van der Waals surface area contributed by atoms with Crippen molar-refractivity contribution in [1.29, 1.82) is 0 Å². The number of anilines is 1. The molecule has 1 aromatic rings. The number of amides is 2. The normalized spacial score (nSPS) is 11.1. The Morgan fingerprint density at radius 2 is 1.76 bits per heavy atom. The summed E-state index contributed by atoms with van der Waals surface area (Å²) in [6.45, 7) is 3.56. The largest absolute Gasteiger partial charge is 0.480 e. The van der Waals surface area contributed by atoms with Gasteiger partial charge in [0.05, 0.1) is 13.1 Å². The molecule has 0 heterocycles. The molecule has 8 heteroatoms. The summed E-state index contributed by atoms with van der Waals surface area (Å²) < 4.78 is 0. The molecule has 2 amide bonds. The molecule has 1 aromatic carbocycles. The molecular formula is C17H26ClN3O4. The summed E-state index contributed by atoms with van der Waals surface area (Å²) >= 11 is 0. The Balaban J connectivity index is 0.00000576. The molecule has 140 valence electrons. The molecule has 0 aromatic heterocycles. The molecule has 25 heavy (non-hydrogen) atoms. The van der Waals surface area contributed by atoms with Gasteiger partial charge in [0.15, 0.2) is 0 Å². The predicted molar refractivity (Wildman–Crippen MR) is 99.0 cm³/mol. The summed E-state index contributed by atoms with van der Waals surface area (Å²) in [6, 6.07) is 6.71. The molecule has 0 radical (unpaired) electrons. The lowest BCUT2D eigenvalue weighted by atomic mass is 10.1. The zero-order chi connectivity index (χ0) is 17.9. The van der Waals surface area contributed by atoms with Gasteiger partial charge in [0.1, 0.15) is 6.04 Å². The van der Waals surface area contributed by atoms with E-state index in [-0.39, 0.29) is 31.4 Å². The number of carbonyl (C=O) groups is 3. The highest BCUT2D eigenvalue weighted by Crippen LogP contribution is 2.14. The molecule has 4 N–H and O–H groups in total. The van der Waals surface area contributed by atoms with Crippen LogP contribution in [-0.2, 0) is 20.8 Å². The van der Waals surface area contributed by atoms with Crippen molar-refractivity contribution in [3.63, 3.8) is 0 Å². The third kappa shape index (κ3) is 8.51. The Labute approximate surface area is 154 Å². The fraction of sp³-hybridized carbons (Fsp3) is 0.471. The van der Waals surface area contributed by atoms with Crippen LogP contribution in [-0.4, -0.2) is 42.0 Å². The Bertz CT molecular complexity index is 581. The third-order valence-corrected chi connectivity index (χ3v) is 3.50. The van der Waals surface area contributed by atoms with E-state index in [4.69, 9.17) is 5.11 Å². The molecule has 1 unspecified atom stereocenters. The van der Waals surface area contributed by atoms with Gasteiger partial charge in [0.2, 0.25) is 11.8 Å². The number of aliphatic carboxylic acids is 1. The lowest BCUT2D eigenvalue weighted by Crippen LogP contribution is -2.44. The van der Waals surface area contributed by atoms with E-state index in [1.54, 1.807) is 0 Å². The van der Waals surface area contributed by atoms with Crippen molar-refractivity contribution < 1.29 is 19.5 Å². The molecule has 0 saturated heterocycles. The number of carbonyl (C=O) groups excluding carboxylic acids is 2. The van der Waals surface area contributed by atoms with Crippen LogP contribution in [0.2, 0.25) is 0 Å². The van der Waals surface area contributed by atoms with Gasteiger partial charge in [-0.25, -0.2) is 0 Å². The molecule has 1 rings (SSSR count).